The van der Waals surface area contributed by atoms with Crippen LogP contribution in [0, 0.1) is 11.8 Å². The highest BCUT2D eigenvalue weighted by Crippen LogP contribution is 2.34. The monoisotopic (exact) mass is 309 g/mol. The number of likely N-dealkylation sites (N-methyl/N-ethyl adjacent to an activating group) is 1. The molecule has 2 aliphatic rings. The van der Waals surface area contributed by atoms with E-state index in [-0.39, 0.29) is 5.91 Å². The molecule has 0 aliphatic heterocycles. The Kier molecular flexibility index (Phi) is 6.69. The summed E-state index contributed by atoms with van der Waals surface area (Å²) in [6.45, 7) is 0. The van der Waals surface area contributed by atoms with E-state index >= 15 is 0 Å². The molecule has 0 aromatic heterocycles. The van der Waals surface area contributed by atoms with Crippen LogP contribution in [0.3, 0.4) is 0 Å². The molecule has 1 amide bonds. The molecule has 0 aromatic rings. The van der Waals surface area contributed by atoms with Crippen molar-refractivity contribution in [1.82, 2.24) is 5.32 Å². The number of carbonyl (C=O) groups excluding carboxylic acids is 1. The first-order chi connectivity index (χ1) is 10.5. The first-order valence-electron chi connectivity index (χ1n) is 9.30. The standard InChI is InChI=1S/C18H35N3O/c1-21-17(22)18(20,11-10-14-6-3-2-4-7-14)13-15-8-5-9-16(19)12-15/h14-16H,2-13,19-20H2,1H3,(H,21,22)/t15-,16+,18+/m0/s1. The fourth-order valence-electron chi connectivity index (χ4n) is 4.53. The first kappa shape index (κ1) is 17.7. The minimum Gasteiger partial charge on any atom is -0.358 e. The summed E-state index contributed by atoms with van der Waals surface area (Å²) in [5.41, 5.74) is 12.0. The van der Waals surface area contributed by atoms with Crippen molar-refractivity contribution in [1.29, 1.82) is 0 Å². The van der Waals surface area contributed by atoms with Gasteiger partial charge in [0.05, 0.1) is 5.54 Å². The van der Waals surface area contributed by atoms with E-state index < -0.39 is 5.54 Å². The summed E-state index contributed by atoms with van der Waals surface area (Å²) >= 11 is 0. The molecule has 4 nitrogen and oxygen atoms in total. The topological polar surface area (TPSA) is 81.1 Å². The second kappa shape index (κ2) is 8.30. The fraction of sp³-hybridized carbons (Fsp3) is 0.944. The molecule has 3 atom stereocenters. The molecular weight excluding hydrogens is 274 g/mol. The van der Waals surface area contributed by atoms with Crippen LogP contribution in [0.15, 0.2) is 0 Å². The van der Waals surface area contributed by atoms with Crippen LogP contribution in [0.5, 0.6) is 0 Å². The minimum absolute atomic E-state index is 0.0162. The molecule has 22 heavy (non-hydrogen) atoms. The Balaban J connectivity index is 1.91. The molecule has 2 fully saturated rings. The number of hydrogen-bond acceptors (Lipinski definition) is 3. The molecule has 0 heterocycles. The largest absolute Gasteiger partial charge is 0.358 e. The third-order valence-corrected chi connectivity index (χ3v) is 5.88. The van der Waals surface area contributed by atoms with Crippen molar-refractivity contribution in [2.75, 3.05) is 7.05 Å². The van der Waals surface area contributed by atoms with Crippen LogP contribution in [0.4, 0.5) is 0 Å². The summed E-state index contributed by atoms with van der Waals surface area (Å²) in [5, 5.41) is 2.80. The summed E-state index contributed by atoms with van der Waals surface area (Å²) < 4.78 is 0. The average molecular weight is 309 g/mol. The highest BCUT2D eigenvalue weighted by Gasteiger charge is 2.37. The quantitative estimate of drug-likeness (QED) is 0.705. The molecule has 0 aromatic carbocycles. The van der Waals surface area contributed by atoms with E-state index in [1.165, 1.54) is 44.9 Å². The molecule has 2 rings (SSSR count). The molecule has 2 aliphatic carbocycles. The molecule has 0 spiro atoms. The highest BCUT2D eigenvalue weighted by molar-refractivity contribution is 5.85. The lowest BCUT2D eigenvalue weighted by atomic mass is 9.74. The Labute approximate surface area is 135 Å². The van der Waals surface area contributed by atoms with Crippen molar-refractivity contribution in [2.24, 2.45) is 23.3 Å². The zero-order valence-corrected chi connectivity index (χ0v) is 14.3. The van der Waals surface area contributed by atoms with Crippen LogP contribution in [0.1, 0.15) is 77.0 Å². The van der Waals surface area contributed by atoms with Gasteiger partial charge in [-0.05, 0) is 43.9 Å². The van der Waals surface area contributed by atoms with Crippen LogP contribution in [0.25, 0.3) is 0 Å². The van der Waals surface area contributed by atoms with Crippen molar-refractivity contribution in [2.45, 2.75) is 88.6 Å². The average Bonchev–Trinajstić information content (AvgIpc) is 2.53. The van der Waals surface area contributed by atoms with Gasteiger partial charge in [-0.15, -0.1) is 0 Å². The van der Waals surface area contributed by atoms with Crippen molar-refractivity contribution in [3.05, 3.63) is 0 Å². The molecule has 0 saturated heterocycles. The molecule has 2 saturated carbocycles. The number of carbonyl (C=O) groups is 1. The Hall–Kier alpha value is -0.610. The van der Waals surface area contributed by atoms with Gasteiger partial charge >= 0.3 is 0 Å². The van der Waals surface area contributed by atoms with E-state index in [2.05, 4.69) is 5.32 Å². The minimum atomic E-state index is -0.700. The van der Waals surface area contributed by atoms with Gasteiger partial charge in [-0.2, -0.15) is 0 Å². The number of nitrogens with one attached hydrogen (secondary N) is 1. The summed E-state index contributed by atoms with van der Waals surface area (Å²) in [4.78, 5) is 12.4. The Morgan fingerprint density at radius 3 is 2.41 bits per heavy atom. The molecular formula is C18H35N3O. The van der Waals surface area contributed by atoms with Gasteiger partial charge in [0, 0.05) is 13.1 Å². The highest BCUT2D eigenvalue weighted by atomic mass is 16.2. The molecule has 5 N–H and O–H groups in total. The van der Waals surface area contributed by atoms with Gasteiger partial charge < -0.3 is 16.8 Å². The van der Waals surface area contributed by atoms with E-state index in [1.54, 1.807) is 7.05 Å². The van der Waals surface area contributed by atoms with E-state index in [0.29, 0.717) is 12.0 Å². The summed E-state index contributed by atoms with van der Waals surface area (Å²) in [6, 6.07) is 0.297. The summed E-state index contributed by atoms with van der Waals surface area (Å²) in [7, 11) is 1.71. The van der Waals surface area contributed by atoms with Crippen molar-refractivity contribution >= 4 is 5.91 Å². The number of hydrogen-bond donors (Lipinski definition) is 3. The molecule has 0 unspecified atom stereocenters. The van der Waals surface area contributed by atoms with Gasteiger partial charge in [-0.3, -0.25) is 4.79 Å². The van der Waals surface area contributed by atoms with E-state index in [4.69, 9.17) is 11.5 Å². The SMILES string of the molecule is CNC(=O)[C@@](N)(CCC1CCCCC1)C[C@H]1CCC[C@@H](N)C1. The lowest BCUT2D eigenvalue weighted by Crippen LogP contribution is -2.55. The van der Waals surface area contributed by atoms with Gasteiger partial charge in [0.25, 0.3) is 0 Å². The lowest BCUT2D eigenvalue weighted by Gasteiger charge is -2.36. The lowest BCUT2D eigenvalue weighted by molar-refractivity contribution is -0.127. The normalized spacial score (nSPS) is 29.8. The van der Waals surface area contributed by atoms with Crippen molar-refractivity contribution in [3.63, 3.8) is 0 Å². The zero-order chi connectivity index (χ0) is 16.0. The third kappa shape index (κ3) is 4.95. The second-order valence-electron chi connectivity index (χ2n) is 7.77. The fourth-order valence-corrected chi connectivity index (χ4v) is 4.53. The molecule has 4 heteroatoms. The number of amides is 1. The van der Waals surface area contributed by atoms with Crippen LogP contribution >= 0.6 is 0 Å². The maximum atomic E-state index is 12.4. The van der Waals surface area contributed by atoms with Crippen LogP contribution in [-0.2, 0) is 4.79 Å². The summed E-state index contributed by atoms with van der Waals surface area (Å²) in [5.74, 6) is 1.30. The predicted octanol–water partition coefficient (Wildman–Crippen LogP) is 2.70. The predicted molar refractivity (Wildman–Crippen MR) is 91.3 cm³/mol. The van der Waals surface area contributed by atoms with E-state index in [1.807, 2.05) is 0 Å². The third-order valence-electron chi connectivity index (χ3n) is 5.88. The Bertz CT molecular complexity index is 354. The molecule has 0 bridgehead atoms. The van der Waals surface area contributed by atoms with Gasteiger partial charge in [-0.1, -0.05) is 44.9 Å². The summed E-state index contributed by atoms with van der Waals surface area (Å²) in [6.07, 6.45) is 13.9. The van der Waals surface area contributed by atoms with Crippen molar-refractivity contribution in [3.8, 4) is 0 Å². The van der Waals surface area contributed by atoms with Gasteiger partial charge in [-0.25, -0.2) is 0 Å². The van der Waals surface area contributed by atoms with Gasteiger partial charge in [0.15, 0.2) is 0 Å². The molecule has 128 valence electrons. The number of rotatable bonds is 6. The van der Waals surface area contributed by atoms with Crippen LogP contribution < -0.4 is 16.8 Å². The smallest absolute Gasteiger partial charge is 0.239 e. The van der Waals surface area contributed by atoms with Crippen LogP contribution in [0.2, 0.25) is 0 Å². The maximum Gasteiger partial charge on any atom is 0.239 e. The Morgan fingerprint density at radius 2 is 1.77 bits per heavy atom. The van der Waals surface area contributed by atoms with Crippen LogP contribution in [-0.4, -0.2) is 24.5 Å². The second-order valence-corrected chi connectivity index (χ2v) is 7.77. The van der Waals surface area contributed by atoms with Crippen molar-refractivity contribution < 1.29 is 4.79 Å². The first-order valence-corrected chi connectivity index (χ1v) is 9.30. The van der Waals surface area contributed by atoms with E-state index in [0.717, 1.165) is 38.0 Å². The van der Waals surface area contributed by atoms with Gasteiger partial charge in [0.1, 0.15) is 0 Å². The Morgan fingerprint density at radius 1 is 1.09 bits per heavy atom. The zero-order valence-electron chi connectivity index (χ0n) is 14.3. The van der Waals surface area contributed by atoms with Gasteiger partial charge in [0.2, 0.25) is 5.91 Å². The number of nitrogens with two attached hydrogens (primary N) is 2. The molecule has 0 radical (unpaired) electrons. The maximum absolute atomic E-state index is 12.4. The van der Waals surface area contributed by atoms with E-state index in [9.17, 15) is 4.79 Å².